The summed E-state index contributed by atoms with van der Waals surface area (Å²) < 4.78 is 2.11. The van der Waals surface area contributed by atoms with Crippen molar-refractivity contribution in [3.8, 4) is 0 Å². The first-order valence-electron chi connectivity index (χ1n) is 5.37. The summed E-state index contributed by atoms with van der Waals surface area (Å²) in [5.41, 5.74) is 4.55. The molecule has 2 atom stereocenters. The Bertz CT molecular complexity index is 351. The third kappa shape index (κ3) is 0.812. The Morgan fingerprint density at radius 1 is 1.38 bits per heavy atom. The fourth-order valence-electron chi connectivity index (χ4n) is 3.26. The van der Waals surface area contributed by atoms with Gasteiger partial charge in [-0.3, -0.25) is 4.68 Å². The summed E-state index contributed by atoms with van der Waals surface area (Å²) in [6.07, 6.45) is 5.34. The van der Waals surface area contributed by atoms with Crippen LogP contribution >= 0.6 is 0 Å². The normalized spacial score (nSPS) is 29.7. The Morgan fingerprint density at radius 3 is 2.92 bits per heavy atom. The molecule has 0 spiro atoms. The van der Waals surface area contributed by atoms with Crippen molar-refractivity contribution in [2.24, 2.45) is 7.05 Å². The molecule has 0 aromatic carbocycles. The number of aromatic nitrogens is 2. The first kappa shape index (κ1) is 7.60. The molecule has 0 aliphatic heterocycles. The SMILES string of the molecule is CCc1c2c(nn1C)C1CCC2C1. The molecule has 2 aliphatic carbocycles. The van der Waals surface area contributed by atoms with Gasteiger partial charge in [-0.2, -0.15) is 5.10 Å². The lowest BCUT2D eigenvalue weighted by atomic mass is 9.95. The standard InChI is InChI=1S/C11H16N2/c1-3-9-10-7-4-5-8(6-7)11(10)12-13(9)2/h7-8H,3-6H2,1-2H3. The minimum absolute atomic E-state index is 0.812. The zero-order valence-corrected chi connectivity index (χ0v) is 8.38. The van der Waals surface area contributed by atoms with Gasteiger partial charge in [0.1, 0.15) is 0 Å². The molecule has 13 heavy (non-hydrogen) atoms. The Balaban J connectivity index is 2.20. The van der Waals surface area contributed by atoms with Gasteiger partial charge in [0.15, 0.2) is 0 Å². The van der Waals surface area contributed by atoms with Crippen molar-refractivity contribution in [1.29, 1.82) is 0 Å². The number of aryl methyl sites for hydroxylation is 1. The van der Waals surface area contributed by atoms with Crippen LogP contribution in [0.25, 0.3) is 0 Å². The van der Waals surface area contributed by atoms with E-state index in [1.807, 2.05) is 0 Å². The molecule has 3 rings (SSSR count). The van der Waals surface area contributed by atoms with Crippen LogP contribution in [0.2, 0.25) is 0 Å². The van der Waals surface area contributed by atoms with E-state index in [2.05, 4.69) is 23.8 Å². The van der Waals surface area contributed by atoms with Crippen molar-refractivity contribution in [1.82, 2.24) is 9.78 Å². The lowest BCUT2D eigenvalue weighted by molar-refractivity contribution is 0.649. The molecule has 2 heteroatoms. The molecule has 1 aromatic heterocycles. The van der Waals surface area contributed by atoms with Crippen molar-refractivity contribution < 1.29 is 0 Å². The molecule has 70 valence electrons. The number of fused-ring (bicyclic) bond motifs is 5. The highest BCUT2D eigenvalue weighted by atomic mass is 15.3. The molecule has 0 saturated heterocycles. The second-order valence-electron chi connectivity index (χ2n) is 4.43. The fraction of sp³-hybridized carbons (Fsp3) is 0.727. The van der Waals surface area contributed by atoms with E-state index in [4.69, 9.17) is 0 Å². The van der Waals surface area contributed by atoms with Gasteiger partial charge in [-0.05, 0) is 37.2 Å². The van der Waals surface area contributed by atoms with Crippen molar-refractivity contribution in [3.63, 3.8) is 0 Å². The fourth-order valence-corrected chi connectivity index (χ4v) is 3.26. The zero-order valence-electron chi connectivity index (χ0n) is 8.38. The van der Waals surface area contributed by atoms with Gasteiger partial charge in [-0.15, -0.1) is 0 Å². The van der Waals surface area contributed by atoms with Crippen molar-refractivity contribution >= 4 is 0 Å². The average Bonchev–Trinajstić information content (AvgIpc) is 2.72. The summed E-state index contributed by atoms with van der Waals surface area (Å²) in [7, 11) is 2.09. The maximum absolute atomic E-state index is 4.66. The minimum Gasteiger partial charge on any atom is -0.272 e. The van der Waals surface area contributed by atoms with Crippen molar-refractivity contribution in [3.05, 3.63) is 17.0 Å². The number of hydrogen-bond acceptors (Lipinski definition) is 1. The summed E-state index contributed by atoms with van der Waals surface area (Å²) in [6, 6.07) is 0. The second kappa shape index (κ2) is 2.37. The van der Waals surface area contributed by atoms with E-state index in [0.717, 1.165) is 18.3 Å². The first-order chi connectivity index (χ1) is 6.31. The minimum atomic E-state index is 0.812. The van der Waals surface area contributed by atoms with E-state index in [1.165, 1.54) is 30.7 Å². The van der Waals surface area contributed by atoms with Crippen LogP contribution < -0.4 is 0 Å². The summed E-state index contributed by atoms with van der Waals surface area (Å²) in [6.45, 7) is 2.24. The maximum Gasteiger partial charge on any atom is 0.0693 e. The summed E-state index contributed by atoms with van der Waals surface area (Å²) in [5, 5.41) is 4.66. The lowest BCUT2D eigenvalue weighted by Gasteiger charge is -2.09. The van der Waals surface area contributed by atoms with E-state index >= 15 is 0 Å². The molecule has 2 unspecified atom stereocenters. The molecule has 1 saturated carbocycles. The van der Waals surface area contributed by atoms with E-state index in [9.17, 15) is 0 Å². The molecule has 1 fully saturated rings. The molecule has 0 N–H and O–H groups in total. The van der Waals surface area contributed by atoms with Gasteiger partial charge < -0.3 is 0 Å². The molecule has 1 heterocycles. The van der Waals surface area contributed by atoms with Crippen LogP contribution in [-0.2, 0) is 13.5 Å². The van der Waals surface area contributed by atoms with Gasteiger partial charge >= 0.3 is 0 Å². The summed E-state index contributed by atoms with van der Waals surface area (Å²) in [4.78, 5) is 0. The van der Waals surface area contributed by atoms with Crippen LogP contribution in [0.5, 0.6) is 0 Å². The van der Waals surface area contributed by atoms with Crippen LogP contribution in [-0.4, -0.2) is 9.78 Å². The zero-order chi connectivity index (χ0) is 9.00. The Morgan fingerprint density at radius 2 is 2.15 bits per heavy atom. The molecular weight excluding hydrogens is 160 g/mol. The predicted molar refractivity (Wildman–Crippen MR) is 51.9 cm³/mol. The van der Waals surface area contributed by atoms with Gasteiger partial charge in [-0.1, -0.05) is 6.92 Å². The summed E-state index contributed by atoms with van der Waals surface area (Å²) in [5.74, 6) is 1.68. The van der Waals surface area contributed by atoms with E-state index < -0.39 is 0 Å². The smallest absolute Gasteiger partial charge is 0.0693 e. The van der Waals surface area contributed by atoms with Crippen molar-refractivity contribution in [2.75, 3.05) is 0 Å². The van der Waals surface area contributed by atoms with Crippen LogP contribution in [0, 0.1) is 0 Å². The third-order valence-electron chi connectivity index (χ3n) is 3.80. The number of rotatable bonds is 1. The monoisotopic (exact) mass is 176 g/mol. The Labute approximate surface area is 78.9 Å². The topological polar surface area (TPSA) is 17.8 Å². The first-order valence-corrected chi connectivity index (χ1v) is 5.37. The predicted octanol–water partition coefficient (Wildman–Crippen LogP) is 2.35. The average molecular weight is 176 g/mol. The molecule has 0 amide bonds. The van der Waals surface area contributed by atoms with E-state index in [-0.39, 0.29) is 0 Å². The van der Waals surface area contributed by atoms with Gasteiger partial charge in [0, 0.05) is 18.7 Å². The van der Waals surface area contributed by atoms with Crippen LogP contribution in [0.1, 0.15) is 55.0 Å². The molecular formula is C11H16N2. The van der Waals surface area contributed by atoms with Gasteiger partial charge in [0.25, 0.3) is 0 Å². The summed E-state index contributed by atoms with van der Waals surface area (Å²) >= 11 is 0. The van der Waals surface area contributed by atoms with E-state index in [0.29, 0.717) is 0 Å². The van der Waals surface area contributed by atoms with Crippen molar-refractivity contribution in [2.45, 2.75) is 44.4 Å². The largest absolute Gasteiger partial charge is 0.272 e. The molecule has 1 aromatic rings. The van der Waals surface area contributed by atoms with Crippen LogP contribution in [0.4, 0.5) is 0 Å². The highest BCUT2D eigenvalue weighted by Crippen LogP contribution is 2.53. The quantitative estimate of drug-likeness (QED) is 0.642. The molecule has 0 radical (unpaired) electrons. The molecule has 2 nitrogen and oxygen atoms in total. The molecule has 2 aliphatic rings. The van der Waals surface area contributed by atoms with Crippen LogP contribution in [0.3, 0.4) is 0 Å². The van der Waals surface area contributed by atoms with Gasteiger partial charge in [0.05, 0.1) is 5.69 Å². The Kier molecular flexibility index (Phi) is 1.38. The second-order valence-corrected chi connectivity index (χ2v) is 4.43. The van der Waals surface area contributed by atoms with Gasteiger partial charge in [-0.25, -0.2) is 0 Å². The third-order valence-corrected chi connectivity index (χ3v) is 3.80. The van der Waals surface area contributed by atoms with Gasteiger partial charge in [0.2, 0.25) is 0 Å². The lowest BCUT2D eigenvalue weighted by Crippen LogP contribution is -2.00. The highest BCUT2D eigenvalue weighted by molar-refractivity contribution is 5.40. The number of hydrogen-bond donors (Lipinski definition) is 0. The Hall–Kier alpha value is -0.790. The van der Waals surface area contributed by atoms with Crippen LogP contribution in [0.15, 0.2) is 0 Å². The maximum atomic E-state index is 4.66. The highest BCUT2D eigenvalue weighted by Gasteiger charge is 2.41. The molecule has 2 bridgehead atoms. The number of nitrogens with zero attached hydrogens (tertiary/aromatic N) is 2. The van der Waals surface area contributed by atoms with E-state index in [1.54, 1.807) is 5.56 Å².